The first-order valence-electron chi connectivity index (χ1n) is 5.98. The van der Waals surface area contributed by atoms with Gasteiger partial charge in [0.05, 0.1) is 5.92 Å². The number of amides is 2. The van der Waals surface area contributed by atoms with Crippen LogP contribution in [0.1, 0.15) is 32.1 Å². The zero-order valence-electron chi connectivity index (χ0n) is 9.37. The lowest BCUT2D eigenvalue weighted by atomic mass is 9.91. The van der Waals surface area contributed by atoms with Crippen molar-refractivity contribution < 1.29 is 9.59 Å². The monoisotopic (exact) mass is 225 g/mol. The summed E-state index contributed by atoms with van der Waals surface area (Å²) in [5.74, 6) is -0.219. The second-order valence-corrected chi connectivity index (χ2v) is 4.84. The molecule has 1 aliphatic carbocycles. The summed E-state index contributed by atoms with van der Waals surface area (Å²) in [6, 6.07) is 0.411. The van der Waals surface area contributed by atoms with Crippen LogP contribution in [0.5, 0.6) is 0 Å². The van der Waals surface area contributed by atoms with E-state index in [9.17, 15) is 9.59 Å². The maximum atomic E-state index is 11.8. The molecule has 1 saturated heterocycles. The summed E-state index contributed by atoms with van der Waals surface area (Å²) in [5, 5.41) is 5.67. The summed E-state index contributed by atoms with van der Waals surface area (Å²) in [7, 11) is 0. The molecular formula is C11H19N3O2. The van der Waals surface area contributed by atoms with E-state index >= 15 is 0 Å². The smallest absolute Gasteiger partial charge is 0.225 e. The Morgan fingerprint density at radius 2 is 2.25 bits per heavy atom. The van der Waals surface area contributed by atoms with Crippen molar-refractivity contribution in [3.63, 3.8) is 0 Å². The molecule has 2 aliphatic rings. The summed E-state index contributed by atoms with van der Waals surface area (Å²) in [5.41, 5.74) is 5.86. The second-order valence-electron chi connectivity index (χ2n) is 4.84. The van der Waals surface area contributed by atoms with E-state index in [-0.39, 0.29) is 29.8 Å². The number of carbonyl (C=O) groups excluding carboxylic acids is 2. The molecule has 90 valence electrons. The van der Waals surface area contributed by atoms with Crippen LogP contribution in [0.2, 0.25) is 0 Å². The third-order valence-corrected chi connectivity index (χ3v) is 3.41. The molecule has 2 amide bonds. The fourth-order valence-electron chi connectivity index (χ4n) is 2.47. The van der Waals surface area contributed by atoms with E-state index in [0.717, 1.165) is 25.7 Å². The highest BCUT2D eigenvalue weighted by Gasteiger charge is 2.30. The van der Waals surface area contributed by atoms with Crippen LogP contribution in [0.3, 0.4) is 0 Å². The lowest BCUT2D eigenvalue weighted by Crippen LogP contribution is -2.44. The molecule has 2 rings (SSSR count). The Kier molecular flexibility index (Phi) is 3.43. The van der Waals surface area contributed by atoms with Gasteiger partial charge >= 0.3 is 0 Å². The highest BCUT2D eigenvalue weighted by Crippen LogP contribution is 2.18. The molecule has 1 saturated carbocycles. The Morgan fingerprint density at radius 3 is 2.88 bits per heavy atom. The van der Waals surface area contributed by atoms with Gasteiger partial charge < -0.3 is 16.4 Å². The molecule has 1 aliphatic heterocycles. The van der Waals surface area contributed by atoms with Crippen molar-refractivity contribution in [2.45, 2.75) is 44.2 Å². The third kappa shape index (κ3) is 2.72. The molecule has 2 fully saturated rings. The lowest BCUT2D eigenvalue weighted by Gasteiger charge is -2.28. The van der Waals surface area contributed by atoms with Crippen molar-refractivity contribution in [2.24, 2.45) is 11.7 Å². The van der Waals surface area contributed by atoms with E-state index in [2.05, 4.69) is 10.6 Å². The first-order chi connectivity index (χ1) is 7.65. The summed E-state index contributed by atoms with van der Waals surface area (Å²) in [4.78, 5) is 22.8. The predicted octanol–water partition coefficient (Wildman–Crippen LogP) is -0.491. The van der Waals surface area contributed by atoms with Gasteiger partial charge in [-0.2, -0.15) is 0 Å². The number of nitrogens with one attached hydrogen (secondary N) is 2. The van der Waals surface area contributed by atoms with Crippen molar-refractivity contribution in [1.82, 2.24) is 10.6 Å². The van der Waals surface area contributed by atoms with Crippen LogP contribution in [0.15, 0.2) is 0 Å². The quantitative estimate of drug-likeness (QED) is 0.593. The third-order valence-electron chi connectivity index (χ3n) is 3.41. The Bertz CT molecular complexity index is 293. The zero-order valence-corrected chi connectivity index (χ0v) is 9.37. The average Bonchev–Trinajstić information content (AvgIpc) is 2.65. The van der Waals surface area contributed by atoms with Crippen molar-refractivity contribution >= 4 is 11.8 Å². The number of nitrogens with two attached hydrogens (primary N) is 1. The summed E-state index contributed by atoms with van der Waals surface area (Å²) in [6.45, 7) is 0.476. The number of hydrogen-bond donors (Lipinski definition) is 3. The minimum atomic E-state index is -0.189. The number of hydrogen-bond acceptors (Lipinski definition) is 3. The lowest BCUT2D eigenvalue weighted by molar-refractivity contribution is -0.127. The molecule has 16 heavy (non-hydrogen) atoms. The SMILES string of the molecule is NC1CCCC(NC(=O)C2CNC(=O)C2)C1. The van der Waals surface area contributed by atoms with Gasteiger partial charge in [-0.3, -0.25) is 9.59 Å². The largest absolute Gasteiger partial charge is 0.355 e. The van der Waals surface area contributed by atoms with Gasteiger partial charge in [-0.15, -0.1) is 0 Å². The Balaban J connectivity index is 1.80. The molecule has 0 aromatic carbocycles. The van der Waals surface area contributed by atoms with Gasteiger partial charge in [-0.1, -0.05) is 0 Å². The van der Waals surface area contributed by atoms with Crippen LogP contribution in [0, 0.1) is 5.92 Å². The van der Waals surface area contributed by atoms with Crippen LogP contribution >= 0.6 is 0 Å². The second kappa shape index (κ2) is 4.82. The average molecular weight is 225 g/mol. The van der Waals surface area contributed by atoms with Crippen LogP contribution in [-0.4, -0.2) is 30.4 Å². The predicted molar refractivity (Wildman–Crippen MR) is 59.5 cm³/mol. The molecule has 3 atom stereocenters. The Labute approximate surface area is 95.1 Å². The van der Waals surface area contributed by atoms with Gasteiger partial charge in [0.25, 0.3) is 0 Å². The zero-order chi connectivity index (χ0) is 11.5. The number of rotatable bonds is 2. The van der Waals surface area contributed by atoms with Gasteiger partial charge in [0.1, 0.15) is 0 Å². The van der Waals surface area contributed by atoms with Crippen molar-refractivity contribution in [3.8, 4) is 0 Å². The summed E-state index contributed by atoms with van der Waals surface area (Å²) < 4.78 is 0. The highest BCUT2D eigenvalue weighted by atomic mass is 16.2. The summed E-state index contributed by atoms with van der Waals surface area (Å²) >= 11 is 0. The van der Waals surface area contributed by atoms with Crippen LogP contribution < -0.4 is 16.4 Å². The Morgan fingerprint density at radius 1 is 1.44 bits per heavy atom. The van der Waals surface area contributed by atoms with Crippen molar-refractivity contribution in [3.05, 3.63) is 0 Å². The van der Waals surface area contributed by atoms with E-state index in [1.165, 1.54) is 0 Å². The minimum absolute atomic E-state index is 0.00236. The molecule has 0 spiro atoms. The molecule has 5 nitrogen and oxygen atoms in total. The molecule has 1 heterocycles. The molecule has 0 bridgehead atoms. The van der Waals surface area contributed by atoms with E-state index in [0.29, 0.717) is 13.0 Å². The normalized spacial score (nSPS) is 34.6. The molecular weight excluding hydrogens is 206 g/mol. The Hall–Kier alpha value is -1.10. The van der Waals surface area contributed by atoms with E-state index in [1.807, 2.05) is 0 Å². The van der Waals surface area contributed by atoms with E-state index in [4.69, 9.17) is 5.73 Å². The van der Waals surface area contributed by atoms with Gasteiger partial charge in [0.15, 0.2) is 0 Å². The molecule has 5 heteroatoms. The molecule has 4 N–H and O–H groups in total. The van der Waals surface area contributed by atoms with Crippen LogP contribution in [-0.2, 0) is 9.59 Å². The molecule has 3 unspecified atom stereocenters. The van der Waals surface area contributed by atoms with Gasteiger partial charge in [0.2, 0.25) is 11.8 Å². The fraction of sp³-hybridized carbons (Fsp3) is 0.818. The maximum absolute atomic E-state index is 11.8. The van der Waals surface area contributed by atoms with Crippen LogP contribution in [0.4, 0.5) is 0 Å². The highest BCUT2D eigenvalue weighted by molar-refractivity contribution is 5.89. The van der Waals surface area contributed by atoms with E-state index in [1.54, 1.807) is 0 Å². The van der Waals surface area contributed by atoms with E-state index < -0.39 is 0 Å². The standard InChI is InChI=1S/C11H19N3O2/c12-8-2-1-3-9(5-8)14-11(16)7-4-10(15)13-6-7/h7-9H,1-6,12H2,(H,13,15)(H,14,16). The maximum Gasteiger partial charge on any atom is 0.225 e. The number of carbonyl (C=O) groups is 2. The first kappa shape index (κ1) is 11.4. The van der Waals surface area contributed by atoms with Gasteiger partial charge in [-0.05, 0) is 25.7 Å². The van der Waals surface area contributed by atoms with Crippen LogP contribution in [0.25, 0.3) is 0 Å². The molecule has 0 aromatic heterocycles. The summed E-state index contributed by atoms with van der Waals surface area (Å²) in [6.07, 6.45) is 4.32. The fourth-order valence-corrected chi connectivity index (χ4v) is 2.47. The molecule has 0 radical (unpaired) electrons. The minimum Gasteiger partial charge on any atom is -0.355 e. The van der Waals surface area contributed by atoms with Crippen molar-refractivity contribution in [2.75, 3.05) is 6.54 Å². The molecule has 0 aromatic rings. The van der Waals surface area contributed by atoms with Gasteiger partial charge in [-0.25, -0.2) is 0 Å². The first-order valence-corrected chi connectivity index (χ1v) is 5.98. The topological polar surface area (TPSA) is 84.2 Å². The van der Waals surface area contributed by atoms with Crippen molar-refractivity contribution in [1.29, 1.82) is 0 Å². The van der Waals surface area contributed by atoms with Gasteiger partial charge in [0, 0.05) is 25.0 Å².